The molecule has 1 aromatic rings. The first kappa shape index (κ1) is 26.7. The zero-order chi connectivity index (χ0) is 25.8. The Morgan fingerprint density at radius 3 is 2.60 bits per heavy atom. The minimum atomic E-state index is -2.94. The maximum Gasteiger partial charge on any atom is 0.253 e. The summed E-state index contributed by atoms with van der Waals surface area (Å²) in [6.07, 6.45) is 11.0. The molecule has 4 rings (SSSR count). The number of alkyl halides is 2. The lowest BCUT2D eigenvalue weighted by Crippen LogP contribution is -2.59. The van der Waals surface area contributed by atoms with Crippen LogP contribution in [0.4, 0.5) is 8.78 Å². The molecule has 4 unspecified atom stereocenters. The van der Waals surface area contributed by atoms with E-state index in [-0.39, 0.29) is 36.0 Å². The van der Waals surface area contributed by atoms with Crippen molar-refractivity contribution in [3.8, 4) is 6.07 Å². The van der Waals surface area contributed by atoms with Crippen molar-refractivity contribution in [1.29, 1.82) is 5.26 Å². The predicted octanol–water partition coefficient (Wildman–Crippen LogP) is 5.54. The van der Waals surface area contributed by atoms with Gasteiger partial charge in [-0.05, 0) is 66.7 Å². The van der Waals surface area contributed by atoms with E-state index in [1.54, 1.807) is 18.5 Å². The maximum atomic E-state index is 14.0. The van der Waals surface area contributed by atoms with Crippen molar-refractivity contribution < 1.29 is 18.7 Å². The molecule has 2 N–H and O–H groups in total. The van der Waals surface area contributed by atoms with Crippen molar-refractivity contribution in [2.45, 2.75) is 70.4 Å². The number of pyridine rings is 1. The average Bonchev–Trinajstić information content (AvgIpc) is 2.80. The lowest BCUT2D eigenvalue weighted by Gasteiger charge is -2.48. The molecule has 1 aromatic heterocycles. The molecule has 2 fully saturated rings. The van der Waals surface area contributed by atoms with Crippen LogP contribution in [0.15, 0.2) is 43.3 Å². The van der Waals surface area contributed by atoms with Crippen LogP contribution in [0.3, 0.4) is 0 Å². The molecule has 0 aromatic carbocycles. The molecule has 0 amide bonds. The van der Waals surface area contributed by atoms with E-state index in [1.807, 2.05) is 38.1 Å². The number of aromatic nitrogens is 1. The molecule has 2 heterocycles. The van der Waals surface area contributed by atoms with Gasteiger partial charge in [0, 0.05) is 24.5 Å². The number of hydrogen-bond donors (Lipinski definition) is 2. The minimum Gasteiger partial charge on any atom is -0.382 e. The minimum absolute atomic E-state index is 0.0348. The second-order valence-electron chi connectivity index (χ2n) is 10.2. The highest BCUT2D eigenvalue weighted by molar-refractivity contribution is 5.90. The Hall–Kier alpha value is -2.85. The Morgan fingerprint density at radius 1 is 1.37 bits per heavy atom. The summed E-state index contributed by atoms with van der Waals surface area (Å²) in [4.78, 5) is 16.6. The second-order valence-corrected chi connectivity index (χ2v) is 10.2. The van der Waals surface area contributed by atoms with Gasteiger partial charge in [-0.2, -0.15) is 5.26 Å². The molecule has 35 heavy (non-hydrogen) atoms. The lowest BCUT2D eigenvalue weighted by atomic mass is 9.60. The van der Waals surface area contributed by atoms with Crippen LogP contribution < -0.4 is 5.32 Å². The number of Topliss-reactive ketones (excluding diaryl/α,β-unsaturated/α-hetero) is 1. The van der Waals surface area contributed by atoms with Gasteiger partial charge in [-0.3, -0.25) is 9.78 Å². The van der Waals surface area contributed by atoms with Gasteiger partial charge in [0.2, 0.25) is 0 Å². The van der Waals surface area contributed by atoms with E-state index in [0.717, 1.165) is 36.1 Å². The van der Waals surface area contributed by atoms with Crippen molar-refractivity contribution in [3.05, 3.63) is 54.5 Å². The number of nitrogens with one attached hydrogen (secondary N) is 1. The monoisotopic (exact) mass is 483 g/mol. The third-order valence-corrected chi connectivity index (χ3v) is 7.56. The number of dihydropyridines is 1. The van der Waals surface area contributed by atoms with E-state index in [2.05, 4.69) is 22.9 Å². The smallest absolute Gasteiger partial charge is 0.253 e. The van der Waals surface area contributed by atoms with Gasteiger partial charge in [0.25, 0.3) is 5.92 Å². The number of rotatable bonds is 5. The van der Waals surface area contributed by atoms with Crippen molar-refractivity contribution in [2.75, 3.05) is 0 Å². The summed E-state index contributed by atoms with van der Waals surface area (Å²) in [5.74, 6) is -4.56. The molecular weight excluding hydrogens is 448 g/mol. The quantitative estimate of drug-likeness (QED) is 0.574. The number of halogens is 2. The van der Waals surface area contributed by atoms with Crippen molar-refractivity contribution in [1.82, 2.24) is 10.3 Å². The molecule has 188 valence electrons. The molecule has 2 aliphatic carbocycles. The summed E-state index contributed by atoms with van der Waals surface area (Å²) < 4.78 is 27.9. The lowest BCUT2D eigenvalue weighted by molar-refractivity contribution is -0.198. The van der Waals surface area contributed by atoms with Crippen LogP contribution in [0.2, 0.25) is 0 Å². The maximum absolute atomic E-state index is 14.0. The molecule has 0 bridgehead atoms. The number of carbonyl (C=O) groups is 1. The Bertz CT molecular complexity index is 1020. The molecule has 5 nitrogen and oxygen atoms in total. The standard InChI is InChI=1S/C15H24F2O2.C13H11N3/c1-9(2)12-7-10(3)15(16,17)8-14(12,19)13(18)11-5-4-6-11;1-2-11-6-5-10(9-16-11)12-4-3-7-15-13(12)8-14/h9-12,19H,4-8H2,1-3H3;2-7,9,13,15H,1H2. The Labute approximate surface area is 206 Å². The fourth-order valence-corrected chi connectivity index (χ4v) is 5.09. The fourth-order valence-electron chi connectivity index (χ4n) is 5.09. The predicted molar refractivity (Wildman–Crippen MR) is 133 cm³/mol. The molecular formula is C28H35F2N3O2. The van der Waals surface area contributed by atoms with Crippen molar-refractivity contribution in [2.24, 2.45) is 23.7 Å². The third-order valence-electron chi connectivity index (χ3n) is 7.56. The van der Waals surface area contributed by atoms with Gasteiger partial charge in [0.15, 0.2) is 5.78 Å². The number of nitrogens with zero attached hydrogens (tertiary/aromatic N) is 2. The molecule has 7 heteroatoms. The van der Waals surface area contributed by atoms with Crippen LogP contribution in [-0.2, 0) is 4.79 Å². The van der Waals surface area contributed by atoms with Crippen molar-refractivity contribution in [3.63, 3.8) is 0 Å². The van der Waals surface area contributed by atoms with Gasteiger partial charge in [-0.25, -0.2) is 8.78 Å². The molecule has 2 saturated carbocycles. The topological polar surface area (TPSA) is 86.0 Å². The molecule has 3 aliphatic rings. The van der Waals surface area contributed by atoms with E-state index in [0.29, 0.717) is 0 Å². The van der Waals surface area contributed by atoms with Crippen LogP contribution >= 0.6 is 0 Å². The highest BCUT2D eigenvalue weighted by atomic mass is 19.3. The molecule has 4 atom stereocenters. The normalized spacial score (nSPS) is 29.5. The molecule has 0 saturated heterocycles. The number of allylic oxidation sites excluding steroid dienone is 2. The van der Waals surface area contributed by atoms with Gasteiger partial charge in [0.1, 0.15) is 11.6 Å². The molecule has 0 spiro atoms. The van der Waals surface area contributed by atoms with Crippen molar-refractivity contribution >= 4 is 17.4 Å². The largest absolute Gasteiger partial charge is 0.382 e. The van der Waals surface area contributed by atoms with E-state index in [1.165, 1.54) is 6.92 Å². The zero-order valence-corrected chi connectivity index (χ0v) is 20.7. The van der Waals surface area contributed by atoms with E-state index in [4.69, 9.17) is 5.26 Å². The van der Waals surface area contributed by atoms with Gasteiger partial charge >= 0.3 is 0 Å². The first-order valence-electron chi connectivity index (χ1n) is 12.3. The summed E-state index contributed by atoms with van der Waals surface area (Å²) in [5, 5.41) is 22.7. The third kappa shape index (κ3) is 5.70. The highest BCUT2D eigenvalue weighted by Gasteiger charge is 2.59. The SMILES string of the molecule is C=Cc1ccc(C2=CC=CNC2C#N)cn1.CC(C)C1CC(C)C(F)(F)CC1(O)C(=O)C1CCC1. The van der Waals surface area contributed by atoms with E-state index < -0.39 is 23.9 Å². The van der Waals surface area contributed by atoms with Crippen LogP contribution in [0.5, 0.6) is 0 Å². The number of ketones is 1. The second kappa shape index (κ2) is 10.8. The van der Waals surface area contributed by atoms with Crippen LogP contribution in [0.25, 0.3) is 11.6 Å². The molecule has 1 aliphatic heterocycles. The van der Waals surface area contributed by atoms with Gasteiger partial charge < -0.3 is 10.4 Å². The van der Waals surface area contributed by atoms with E-state index >= 15 is 0 Å². The first-order valence-corrected chi connectivity index (χ1v) is 12.3. The Balaban J connectivity index is 0.000000198. The Morgan fingerprint density at radius 2 is 2.09 bits per heavy atom. The summed E-state index contributed by atoms with van der Waals surface area (Å²) in [7, 11) is 0. The highest BCUT2D eigenvalue weighted by Crippen LogP contribution is 2.51. The zero-order valence-electron chi connectivity index (χ0n) is 20.7. The van der Waals surface area contributed by atoms with Crippen LogP contribution in [0, 0.1) is 35.0 Å². The van der Waals surface area contributed by atoms with Gasteiger partial charge in [0.05, 0.1) is 11.8 Å². The van der Waals surface area contributed by atoms with Gasteiger partial charge in [-0.1, -0.05) is 45.9 Å². The number of hydrogen-bond acceptors (Lipinski definition) is 5. The fraction of sp³-hybridized carbons (Fsp3) is 0.536. The summed E-state index contributed by atoms with van der Waals surface area (Å²) in [6, 6.07) is 5.73. The summed E-state index contributed by atoms with van der Waals surface area (Å²) in [6.45, 7) is 8.97. The number of nitriles is 1. The first-order chi connectivity index (χ1) is 16.5. The number of carbonyl (C=O) groups excluding carboxylic acids is 1. The van der Waals surface area contributed by atoms with E-state index in [9.17, 15) is 18.7 Å². The Kier molecular flexibility index (Phi) is 8.27. The molecule has 0 radical (unpaired) electrons. The number of aliphatic hydroxyl groups is 1. The summed E-state index contributed by atoms with van der Waals surface area (Å²) >= 11 is 0. The van der Waals surface area contributed by atoms with Crippen LogP contribution in [0.1, 0.15) is 64.1 Å². The summed E-state index contributed by atoms with van der Waals surface area (Å²) in [5.41, 5.74) is 0.897. The van der Waals surface area contributed by atoms with Gasteiger partial charge in [-0.15, -0.1) is 0 Å². The average molecular weight is 484 g/mol. The van der Waals surface area contributed by atoms with Crippen LogP contribution in [-0.4, -0.2) is 33.4 Å².